The molecule has 0 fully saturated rings. The first-order valence-electron chi connectivity index (χ1n) is 6.80. The van der Waals surface area contributed by atoms with E-state index in [0.717, 1.165) is 23.5 Å². The predicted molar refractivity (Wildman–Crippen MR) is 83.8 cm³/mol. The fourth-order valence-electron chi connectivity index (χ4n) is 2.50. The number of benzene rings is 1. The predicted octanol–water partition coefficient (Wildman–Crippen LogP) is 4.27. The number of hydrogen-bond acceptors (Lipinski definition) is 1. The van der Waals surface area contributed by atoms with Gasteiger partial charge >= 0.3 is 0 Å². The van der Waals surface area contributed by atoms with Gasteiger partial charge in [-0.3, -0.25) is 4.79 Å². The van der Waals surface area contributed by atoms with Crippen molar-refractivity contribution in [3.8, 4) is 0 Å². The van der Waals surface area contributed by atoms with Gasteiger partial charge in [-0.05, 0) is 39.3 Å². The first-order valence-corrected chi connectivity index (χ1v) is 7.24. The highest BCUT2D eigenvalue weighted by Crippen LogP contribution is 2.20. The van der Waals surface area contributed by atoms with Crippen LogP contribution in [0.2, 0.25) is 0 Å². The van der Waals surface area contributed by atoms with E-state index in [1.165, 1.54) is 11.1 Å². The molecular formula is C17H20ClNO. The molecule has 0 radical (unpaired) electrons. The number of ketones is 1. The SMILES string of the molecule is Cc1cccc(Cn2c(C)cc(C(=O)C(C)Cl)c2C)c1. The van der Waals surface area contributed by atoms with Gasteiger partial charge in [-0.1, -0.05) is 29.8 Å². The van der Waals surface area contributed by atoms with Crippen molar-refractivity contribution >= 4 is 17.4 Å². The third-order valence-corrected chi connectivity index (χ3v) is 3.82. The Labute approximate surface area is 125 Å². The van der Waals surface area contributed by atoms with E-state index in [4.69, 9.17) is 11.6 Å². The zero-order valence-electron chi connectivity index (χ0n) is 12.4. The summed E-state index contributed by atoms with van der Waals surface area (Å²) in [5.41, 5.74) is 5.30. The maximum Gasteiger partial charge on any atom is 0.182 e. The Morgan fingerprint density at radius 1 is 1.25 bits per heavy atom. The van der Waals surface area contributed by atoms with Crippen molar-refractivity contribution in [2.75, 3.05) is 0 Å². The van der Waals surface area contributed by atoms with E-state index < -0.39 is 5.38 Å². The van der Waals surface area contributed by atoms with Crippen LogP contribution in [-0.4, -0.2) is 15.7 Å². The summed E-state index contributed by atoms with van der Waals surface area (Å²) in [6.45, 7) is 8.59. The van der Waals surface area contributed by atoms with E-state index >= 15 is 0 Å². The van der Waals surface area contributed by atoms with Crippen molar-refractivity contribution in [2.24, 2.45) is 0 Å². The number of aryl methyl sites for hydroxylation is 2. The molecule has 1 aromatic heterocycles. The standard InChI is InChI=1S/C17H20ClNO/c1-11-6-5-7-15(8-11)10-19-12(2)9-16(14(19)4)17(20)13(3)18/h5-9,13H,10H2,1-4H3. The van der Waals surface area contributed by atoms with Crippen LogP contribution in [-0.2, 0) is 6.54 Å². The van der Waals surface area contributed by atoms with E-state index in [9.17, 15) is 4.79 Å². The molecule has 0 saturated carbocycles. The second-order valence-electron chi connectivity index (χ2n) is 5.34. The number of carbonyl (C=O) groups is 1. The van der Waals surface area contributed by atoms with Crippen molar-refractivity contribution in [3.05, 3.63) is 58.4 Å². The van der Waals surface area contributed by atoms with Gasteiger partial charge in [0.1, 0.15) is 0 Å². The molecule has 20 heavy (non-hydrogen) atoms. The fraction of sp³-hybridized carbons (Fsp3) is 0.353. The minimum absolute atomic E-state index is 0.00439. The Kier molecular flexibility index (Phi) is 4.34. The van der Waals surface area contributed by atoms with Crippen LogP contribution in [0.3, 0.4) is 0 Å². The van der Waals surface area contributed by atoms with Gasteiger partial charge in [0.15, 0.2) is 5.78 Å². The zero-order valence-corrected chi connectivity index (χ0v) is 13.2. The van der Waals surface area contributed by atoms with Crippen LogP contribution < -0.4 is 0 Å². The molecule has 1 heterocycles. The Morgan fingerprint density at radius 2 is 1.95 bits per heavy atom. The Hall–Kier alpha value is -1.54. The molecule has 0 amide bonds. The van der Waals surface area contributed by atoms with Gasteiger partial charge in [-0.2, -0.15) is 0 Å². The van der Waals surface area contributed by atoms with Gasteiger partial charge in [-0.25, -0.2) is 0 Å². The summed E-state index contributed by atoms with van der Waals surface area (Å²) in [5.74, 6) is -0.00439. The highest BCUT2D eigenvalue weighted by Gasteiger charge is 2.19. The molecule has 0 aliphatic rings. The molecule has 0 spiro atoms. The smallest absolute Gasteiger partial charge is 0.182 e. The topological polar surface area (TPSA) is 22.0 Å². The van der Waals surface area contributed by atoms with Crippen LogP contribution in [0, 0.1) is 20.8 Å². The molecule has 0 bridgehead atoms. The van der Waals surface area contributed by atoms with Crippen LogP contribution in [0.4, 0.5) is 0 Å². The summed E-state index contributed by atoms with van der Waals surface area (Å²) >= 11 is 5.92. The summed E-state index contributed by atoms with van der Waals surface area (Å²) in [7, 11) is 0. The second-order valence-corrected chi connectivity index (χ2v) is 5.99. The van der Waals surface area contributed by atoms with Crippen molar-refractivity contribution < 1.29 is 4.79 Å². The summed E-state index contributed by atoms with van der Waals surface area (Å²) < 4.78 is 2.17. The van der Waals surface area contributed by atoms with Crippen molar-refractivity contribution in [1.29, 1.82) is 0 Å². The van der Waals surface area contributed by atoms with Crippen molar-refractivity contribution in [1.82, 2.24) is 4.57 Å². The van der Waals surface area contributed by atoms with Gasteiger partial charge < -0.3 is 4.57 Å². The van der Waals surface area contributed by atoms with E-state index in [2.05, 4.69) is 35.8 Å². The highest BCUT2D eigenvalue weighted by atomic mass is 35.5. The molecule has 2 nitrogen and oxygen atoms in total. The van der Waals surface area contributed by atoms with E-state index in [1.807, 2.05) is 19.9 Å². The number of Topliss-reactive ketones (excluding diaryl/α,β-unsaturated/α-hetero) is 1. The highest BCUT2D eigenvalue weighted by molar-refractivity contribution is 6.33. The molecule has 0 aliphatic carbocycles. The van der Waals surface area contributed by atoms with Crippen LogP contribution in [0.25, 0.3) is 0 Å². The van der Waals surface area contributed by atoms with Crippen molar-refractivity contribution in [2.45, 2.75) is 39.6 Å². The van der Waals surface area contributed by atoms with Crippen LogP contribution in [0.1, 0.15) is 39.8 Å². The lowest BCUT2D eigenvalue weighted by Crippen LogP contribution is -2.12. The molecule has 1 unspecified atom stereocenters. The van der Waals surface area contributed by atoms with Crippen LogP contribution in [0.15, 0.2) is 30.3 Å². The van der Waals surface area contributed by atoms with Crippen LogP contribution >= 0.6 is 11.6 Å². The number of aromatic nitrogens is 1. The lowest BCUT2D eigenvalue weighted by molar-refractivity contribution is 0.0991. The Bertz CT molecular complexity index is 640. The third-order valence-electron chi connectivity index (χ3n) is 3.62. The lowest BCUT2D eigenvalue weighted by Gasteiger charge is -2.11. The molecule has 1 atom stereocenters. The number of alkyl halides is 1. The summed E-state index contributed by atoms with van der Waals surface area (Å²) in [6.07, 6.45) is 0. The molecule has 2 aromatic rings. The van der Waals surface area contributed by atoms with Gasteiger partial charge in [0, 0.05) is 23.5 Å². The van der Waals surface area contributed by atoms with Gasteiger partial charge in [0.25, 0.3) is 0 Å². The number of halogens is 1. The first-order chi connectivity index (χ1) is 9.40. The molecular weight excluding hydrogens is 270 g/mol. The minimum atomic E-state index is -0.483. The quantitative estimate of drug-likeness (QED) is 0.608. The Morgan fingerprint density at radius 3 is 2.55 bits per heavy atom. The first kappa shape index (κ1) is 14.9. The summed E-state index contributed by atoms with van der Waals surface area (Å²) in [6, 6.07) is 10.4. The van der Waals surface area contributed by atoms with E-state index in [1.54, 1.807) is 6.92 Å². The third kappa shape index (κ3) is 2.96. The number of nitrogens with zero attached hydrogens (tertiary/aromatic N) is 1. The zero-order chi connectivity index (χ0) is 14.9. The maximum atomic E-state index is 12.1. The normalized spacial score (nSPS) is 12.4. The Balaban J connectivity index is 2.36. The van der Waals surface area contributed by atoms with Gasteiger partial charge in [0.2, 0.25) is 0 Å². The number of hydrogen-bond donors (Lipinski definition) is 0. The van der Waals surface area contributed by atoms with Crippen LogP contribution in [0.5, 0.6) is 0 Å². The maximum absolute atomic E-state index is 12.1. The fourth-order valence-corrected chi connectivity index (χ4v) is 2.62. The molecule has 0 N–H and O–H groups in total. The number of carbonyl (C=O) groups excluding carboxylic acids is 1. The molecule has 2 rings (SSSR count). The largest absolute Gasteiger partial charge is 0.344 e. The number of rotatable bonds is 4. The average molecular weight is 290 g/mol. The summed E-state index contributed by atoms with van der Waals surface area (Å²) in [4.78, 5) is 12.1. The molecule has 0 saturated heterocycles. The summed E-state index contributed by atoms with van der Waals surface area (Å²) in [5, 5.41) is -0.483. The van der Waals surface area contributed by atoms with E-state index in [-0.39, 0.29) is 5.78 Å². The monoisotopic (exact) mass is 289 g/mol. The van der Waals surface area contributed by atoms with Gasteiger partial charge in [0.05, 0.1) is 5.38 Å². The second kappa shape index (κ2) is 5.84. The average Bonchev–Trinajstić information content (AvgIpc) is 2.66. The molecule has 0 aliphatic heterocycles. The minimum Gasteiger partial charge on any atom is -0.344 e. The van der Waals surface area contributed by atoms with Crippen molar-refractivity contribution in [3.63, 3.8) is 0 Å². The molecule has 3 heteroatoms. The molecule has 106 valence electrons. The lowest BCUT2D eigenvalue weighted by atomic mass is 10.1. The van der Waals surface area contributed by atoms with Gasteiger partial charge in [-0.15, -0.1) is 11.6 Å². The van der Waals surface area contributed by atoms with E-state index in [0.29, 0.717) is 0 Å². The molecule has 1 aromatic carbocycles.